The van der Waals surface area contributed by atoms with Crippen LogP contribution in [0, 0.1) is 11.8 Å². The number of carbonyl (C=O) groups excluding carboxylic acids is 1. The van der Waals surface area contributed by atoms with Crippen LogP contribution in [0.2, 0.25) is 0 Å². The second-order valence-corrected chi connectivity index (χ2v) is 5.68. The summed E-state index contributed by atoms with van der Waals surface area (Å²) in [6.45, 7) is 4.78. The first-order valence-corrected chi connectivity index (χ1v) is 7.01. The molecule has 1 aromatic rings. The maximum absolute atomic E-state index is 12.3. The molecule has 2 heterocycles. The molecule has 4 nitrogen and oxygen atoms in total. The maximum atomic E-state index is 12.3. The Balaban J connectivity index is 2.14. The average molecular weight is 267 g/mol. The van der Waals surface area contributed by atoms with Gasteiger partial charge in [-0.25, -0.2) is 0 Å². The molecule has 2 atom stereocenters. The number of rotatable bonds is 3. The zero-order valence-electron chi connectivity index (χ0n) is 10.5. The molecule has 0 radical (unpaired) electrons. The maximum Gasteiger partial charge on any atom is 0.308 e. The zero-order chi connectivity index (χ0) is 13.3. The molecular weight excluding hydrogens is 250 g/mol. The fourth-order valence-electron chi connectivity index (χ4n) is 2.40. The van der Waals surface area contributed by atoms with Crippen molar-refractivity contribution in [1.82, 2.24) is 4.90 Å². The van der Waals surface area contributed by atoms with Crippen molar-refractivity contribution in [2.75, 3.05) is 13.1 Å². The molecule has 1 aliphatic heterocycles. The third kappa shape index (κ3) is 2.27. The number of thiophene rings is 1. The van der Waals surface area contributed by atoms with Gasteiger partial charge in [0, 0.05) is 13.1 Å². The number of amides is 1. The molecule has 2 unspecified atom stereocenters. The van der Waals surface area contributed by atoms with Gasteiger partial charge < -0.3 is 10.0 Å². The van der Waals surface area contributed by atoms with E-state index in [1.165, 1.54) is 11.3 Å². The predicted octanol–water partition coefficient (Wildman–Crippen LogP) is 2.10. The van der Waals surface area contributed by atoms with Gasteiger partial charge in [-0.2, -0.15) is 0 Å². The molecule has 2 rings (SSSR count). The molecule has 1 fully saturated rings. The molecule has 98 valence electrons. The summed E-state index contributed by atoms with van der Waals surface area (Å²) in [7, 11) is 0. The fourth-order valence-corrected chi connectivity index (χ4v) is 3.36. The second-order valence-electron chi connectivity index (χ2n) is 4.76. The van der Waals surface area contributed by atoms with Crippen LogP contribution in [0.4, 0.5) is 0 Å². The quantitative estimate of drug-likeness (QED) is 0.912. The predicted molar refractivity (Wildman–Crippen MR) is 69.9 cm³/mol. The van der Waals surface area contributed by atoms with Gasteiger partial charge in [0.15, 0.2) is 0 Å². The number of aliphatic carboxylic acids is 1. The summed E-state index contributed by atoms with van der Waals surface area (Å²) in [4.78, 5) is 25.8. The number of aryl methyl sites for hydroxylation is 1. The van der Waals surface area contributed by atoms with E-state index in [0.717, 1.165) is 16.9 Å². The first-order valence-electron chi connectivity index (χ1n) is 6.13. The van der Waals surface area contributed by atoms with Crippen LogP contribution >= 0.6 is 11.3 Å². The molecule has 1 aliphatic rings. The highest BCUT2D eigenvalue weighted by Crippen LogP contribution is 2.27. The Bertz CT molecular complexity index is 469. The van der Waals surface area contributed by atoms with Crippen molar-refractivity contribution in [3.63, 3.8) is 0 Å². The van der Waals surface area contributed by atoms with Crippen molar-refractivity contribution in [3.05, 3.63) is 21.9 Å². The highest BCUT2D eigenvalue weighted by Gasteiger charge is 2.37. The van der Waals surface area contributed by atoms with Crippen molar-refractivity contribution >= 4 is 23.2 Å². The van der Waals surface area contributed by atoms with E-state index in [1.807, 2.05) is 25.3 Å². The summed E-state index contributed by atoms with van der Waals surface area (Å²) in [5.74, 6) is -1.23. The van der Waals surface area contributed by atoms with Gasteiger partial charge in [-0.1, -0.05) is 13.8 Å². The molecule has 0 spiro atoms. The van der Waals surface area contributed by atoms with Gasteiger partial charge in [0.25, 0.3) is 5.91 Å². The number of carboxylic acid groups (broad SMARTS) is 1. The van der Waals surface area contributed by atoms with Crippen molar-refractivity contribution in [2.45, 2.75) is 20.3 Å². The second kappa shape index (κ2) is 5.10. The van der Waals surface area contributed by atoms with Crippen LogP contribution in [-0.4, -0.2) is 35.0 Å². The molecule has 0 aromatic carbocycles. The lowest BCUT2D eigenvalue weighted by Crippen LogP contribution is -2.29. The minimum absolute atomic E-state index is 0.0162. The van der Waals surface area contributed by atoms with Gasteiger partial charge in [-0.3, -0.25) is 9.59 Å². The normalized spacial score (nSPS) is 23.3. The van der Waals surface area contributed by atoms with E-state index in [4.69, 9.17) is 5.11 Å². The smallest absolute Gasteiger partial charge is 0.308 e. The molecule has 18 heavy (non-hydrogen) atoms. The van der Waals surface area contributed by atoms with E-state index < -0.39 is 11.9 Å². The van der Waals surface area contributed by atoms with Gasteiger partial charge in [0.2, 0.25) is 0 Å². The van der Waals surface area contributed by atoms with Crippen molar-refractivity contribution in [1.29, 1.82) is 0 Å². The largest absolute Gasteiger partial charge is 0.481 e. The molecule has 1 saturated heterocycles. The highest BCUT2D eigenvalue weighted by molar-refractivity contribution is 7.12. The van der Waals surface area contributed by atoms with E-state index in [-0.39, 0.29) is 11.8 Å². The van der Waals surface area contributed by atoms with Crippen LogP contribution in [-0.2, 0) is 11.2 Å². The van der Waals surface area contributed by atoms with Crippen molar-refractivity contribution in [3.8, 4) is 0 Å². The molecule has 0 saturated carbocycles. The van der Waals surface area contributed by atoms with Crippen LogP contribution < -0.4 is 0 Å². The number of hydrogen-bond acceptors (Lipinski definition) is 3. The molecular formula is C13H17NO3S. The number of hydrogen-bond donors (Lipinski definition) is 1. The third-order valence-corrected chi connectivity index (χ3v) is 4.48. The minimum Gasteiger partial charge on any atom is -0.481 e. The molecule has 0 aliphatic carbocycles. The summed E-state index contributed by atoms with van der Waals surface area (Å²) in [6, 6.07) is 1.96. The van der Waals surface area contributed by atoms with E-state index in [0.29, 0.717) is 13.1 Å². The molecule has 0 bridgehead atoms. The van der Waals surface area contributed by atoms with E-state index in [1.54, 1.807) is 4.90 Å². The number of nitrogens with zero attached hydrogens (tertiary/aromatic N) is 1. The Kier molecular flexibility index (Phi) is 3.71. The van der Waals surface area contributed by atoms with Gasteiger partial charge in [-0.05, 0) is 29.3 Å². The Labute approximate surface area is 110 Å². The summed E-state index contributed by atoms with van der Waals surface area (Å²) in [6.07, 6.45) is 0.830. The summed E-state index contributed by atoms with van der Waals surface area (Å²) < 4.78 is 0. The molecule has 5 heteroatoms. The lowest BCUT2D eigenvalue weighted by Gasteiger charge is -2.15. The SMILES string of the molecule is CCc1ccsc1C(=O)N1CC(C)C(C(=O)O)C1. The van der Waals surface area contributed by atoms with E-state index in [2.05, 4.69) is 0 Å². The van der Waals surface area contributed by atoms with Gasteiger partial charge >= 0.3 is 5.97 Å². The Hall–Kier alpha value is -1.36. The summed E-state index contributed by atoms with van der Waals surface area (Å²) in [5.41, 5.74) is 1.05. The molecule has 1 amide bonds. The van der Waals surface area contributed by atoms with Gasteiger partial charge in [0.1, 0.15) is 0 Å². The Morgan fingerprint density at radius 2 is 2.22 bits per heavy atom. The van der Waals surface area contributed by atoms with E-state index in [9.17, 15) is 9.59 Å². The van der Waals surface area contributed by atoms with Crippen LogP contribution in [0.1, 0.15) is 29.1 Å². The Morgan fingerprint density at radius 1 is 1.50 bits per heavy atom. The topological polar surface area (TPSA) is 57.6 Å². The monoisotopic (exact) mass is 267 g/mol. The fraction of sp³-hybridized carbons (Fsp3) is 0.538. The average Bonchev–Trinajstić information content (AvgIpc) is 2.93. The Morgan fingerprint density at radius 3 is 2.78 bits per heavy atom. The summed E-state index contributed by atoms with van der Waals surface area (Å²) in [5, 5.41) is 11.0. The van der Waals surface area contributed by atoms with Crippen molar-refractivity contribution in [2.24, 2.45) is 11.8 Å². The first-order chi connectivity index (χ1) is 8.54. The summed E-state index contributed by atoms with van der Waals surface area (Å²) >= 11 is 1.44. The third-order valence-electron chi connectivity index (χ3n) is 3.54. The van der Waals surface area contributed by atoms with Gasteiger partial charge in [-0.15, -0.1) is 11.3 Å². The van der Waals surface area contributed by atoms with Gasteiger partial charge in [0.05, 0.1) is 10.8 Å². The van der Waals surface area contributed by atoms with Crippen LogP contribution in [0.25, 0.3) is 0 Å². The standard InChI is InChI=1S/C13H17NO3S/c1-3-9-4-5-18-11(9)12(15)14-6-8(2)10(7-14)13(16)17/h4-5,8,10H,3,6-7H2,1-2H3,(H,16,17). The van der Waals surface area contributed by atoms with Crippen LogP contribution in [0.5, 0.6) is 0 Å². The highest BCUT2D eigenvalue weighted by atomic mass is 32.1. The van der Waals surface area contributed by atoms with Crippen LogP contribution in [0.15, 0.2) is 11.4 Å². The number of likely N-dealkylation sites (tertiary alicyclic amines) is 1. The van der Waals surface area contributed by atoms with E-state index >= 15 is 0 Å². The lowest BCUT2D eigenvalue weighted by atomic mass is 9.99. The molecule has 1 N–H and O–H groups in total. The van der Waals surface area contributed by atoms with Crippen molar-refractivity contribution < 1.29 is 14.7 Å². The first kappa shape index (κ1) is 13.1. The number of carboxylic acids is 1. The number of carbonyl (C=O) groups is 2. The lowest BCUT2D eigenvalue weighted by molar-refractivity contribution is -0.142. The van der Waals surface area contributed by atoms with Crippen LogP contribution in [0.3, 0.4) is 0 Å². The zero-order valence-corrected chi connectivity index (χ0v) is 11.4. The minimum atomic E-state index is -0.806. The molecule has 1 aromatic heterocycles.